The normalized spacial score (nSPS) is 33.5. The van der Waals surface area contributed by atoms with Gasteiger partial charge in [0.15, 0.2) is 0 Å². The van der Waals surface area contributed by atoms with E-state index in [9.17, 15) is 0 Å². The average molecular weight is 448 g/mol. The summed E-state index contributed by atoms with van der Waals surface area (Å²) < 4.78 is 14.3. The second kappa shape index (κ2) is 7.58. The minimum absolute atomic E-state index is 0.0348. The fraction of sp³-hybridized carbons (Fsp3) is 0.600. The highest BCUT2D eigenvalue weighted by Crippen LogP contribution is 2.54. The van der Waals surface area contributed by atoms with E-state index < -0.39 is 5.79 Å². The summed E-state index contributed by atoms with van der Waals surface area (Å²) >= 11 is 0. The summed E-state index contributed by atoms with van der Waals surface area (Å²) in [6, 6.07) is 4.89. The number of rotatable bonds is 0. The average Bonchev–Trinajstić information content (AvgIpc) is 2.71. The largest absolute Gasteiger partial charge is 0.358 e. The predicted octanol–water partition coefficient (Wildman–Crippen LogP) is 7.11. The number of hydrogen-bond donors (Lipinski definition) is 0. The van der Waals surface area contributed by atoms with Crippen LogP contribution in [0, 0.1) is 30.6 Å². The molecule has 0 radical (unpaired) electrons. The highest BCUT2D eigenvalue weighted by Gasteiger charge is 2.55. The number of nitrogens with zero attached hydrogens (tertiary/aromatic N) is 1. The molecule has 3 aliphatic heterocycles. The van der Waals surface area contributed by atoms with Gasteiger partial charge in [-0.2, -0.15) is 0 Å². The van der Waals surface area contributed by atoms with Crippen LogP contribution in [0.5, 0.6) is 0 Å². The molecule has 1 aliphatic carbocycles. The Bertz CT molecular complexity index is 1010. The summed E-state index contributed by atoms with van der Waals surface area (Å²) in [7, 11) is 0. The Morgan fingerprint density at radius 3 is 2.24 bits per heavy atom. The Morgan fingerprint density at radius 2 is 1.61 bits per heavy atom. The predicted molar refractivity (Wildman–Crippen MR) is 135 cm³/mol. The molecule has 1 aromatic carbocycles. The summed E-state index contributed by atoms with van der Waals surface area (Å²) in [4.78, 5) is 2.57. The van der Waals surface area contributed by atoms with E-state index in [1.807, 2.05) is 0 Å². The van der Waals surface area contributed by atoms with Crippen molar-refractivity contribution in [3.05, 3.63) is 70.5 Å². The van der Waals surface area contributed by atoms with Crippen molar-refractivity contribution in [2.24, 2.45) is 16.7 Å². The van der Waals surface area contributed by atoms with Crippen LogP contribution in [0.2, 0.25) is 0 Å². The van der Waals surface area contributed by atoms with E-state index in [4.69, 9.17) is 9.47 Å². The van der Waals surface area contributed by atoms with Gasteiger partial charge in [0.25, 0.3) is 0 Å². The molecule has 0 N–H and O–H groups in total. The molecule has 1 aromatic rings. The maximum atomic E-state index is 7.15. The highest BCUT2D eigenvalue weighted by molar-refractivity contribution is 5.49. The molecule has 3 heterocycles. The molecule has 33 heavy (non-hydrogen) atoms. The number of benzene rings is 1. The van der Waals surface area contributed by atoms with Crippen LogP contribution in [0.25, 0.3) is 0 Å². The molecule has 4 atom stereocenters. The topological polar surface area (TPSA) is 21.7 Å². The van der Waals surface area contributed by atoms with E-state index in [0.717, 1.165) is 19.4 Å². The van der Waals surface area contributed by atoms with E-state index in [1.165, 1.54) is 28.0 Å². The molecule has 0 amide bonds. The van der Waals surface area contributed by atoms with Crippen LogP contribution in [0.15, 0.2) is 48.2 Å². The first-order valence-corrected chi connectivity index (χ1v) is 12.7. The van der Waals surface area contributed by atoms with Crippen LogP contribution >= 0.6 is 0 Å². The van der Waals surface area contributed by atoms with Crippen molar-refractivity contribution in [3.8, 4) is 0 Å². The second-order valence-corrected chi connectivity index (χ2v) is 12.8. The molecule has 178 valence electrons. The minimum atomic E-state index is -0.768. The summed E-state index contributed by atoms with van der Waals surface area (Å²) in [5, 5.41) is 0. The van der Waals surface area contributed by atoms with Gasteiger partial charge in [0, 0.05) is 23.6 Å². The van der Waals surface area contributed by atoms with Crippen LogP contribution in [-0.2, 0) is 15.3 Å². The standard InChI is InChI=1S/C30H41NO2/c1-19-15-20(2)27-22(16-19)24-14-13-21-11-9-10-12-23(21)31(24)18-30(27)32-25(28(3,4)5)17-26(33-30)29(6,7)8/h9-10,12-16,21,24-26H,11,17-18H2,1-8H3. The molecule has 1 saturated heterocycles. The molecule has 1 spiro atoms. The lowest BCUT2D eigenvalue weighted by Crippen LogP contribution is -2.60. The van der Waals surface area contributed by atoms with Crippen molar-refractivity contribution in [1.29, 1.82) is 0 Å². The van der Waals surface area contributed by atoms with Gasteiger partial charge in [0.1, 0.15) is 0 Å². The fourth-order valence-corrected chi connectivity index (χ4v) is 6.18. The number of hydrogen-bond acceptors (Lipinski definition) is 3. The van der Waals surface area contributed by atoms with Gasteiger partial charge < -0.3 is 14.4 Å². The SMILES string of the molecule is Cc1cc(C)c2c(c1)C1C=CC3CC=CC=C3N1CC21OC(C(C)(C)C)CC(C(C)(C)C)O1. The Kier molecular flexibility index (Phi) is 5.27. The number of aryl methyl sites for hydroxylation is 2. The summed E-state index contributed by atoms with van der Waals surface area (Å²) in [6.45, 7) is 19.0. The zero-order chi connectivity index (χ0) is 23.8. The second-order valence-electron chi connectivity index (χ2n) is 12.8. The maximum absolute atomic E-state index is 7.15. The van der Waals surface area contributed by atoms with E-state index >= 15 is 0 Å². The van der Waals surface area contributed by atoms with E-state index in [0.29, 0.717) is 5.92 Å². The molecular weight excluding hydrogens is 406 g/mol. The quantitative estimate of drug-likeness (QED) is 0.396. The molecule has 4 aliphatic rings. The van der Waals surface area contributed by atoms with E-state index in [-0.39, 0.29) is 29.1 Å². The van der Waals surface area contributed by atoms with Crippen molar-refractivity contribution >= 4 is 0 Å². The Balaban J connectivity index is 1.72. The van der Waals surface area contributed by atoms with Gasteiger partial charge in [-0.1, -0.05) is 83.5 Å². The zero-order valence-electron chi connectivity index (χ0n) is 21.7. The molecule has 3 nitrogen and oxygen atoms in total. The van der Waals surface area contributed by atoms with Crippen molar-refractivity contribution in [1.82, 2.24) is 4.90 Å². The Morgan fingerprint density at radius 1 is 0.939 bits per heavy atom. The van der Waals surface area contributed by atoms with Gasteiger partial charge in [-0.05, 0) is 48.3 Å². The molecule has 1 fully saturated rings. The Hall–Kier alpha value is -1.84. The number of ether oxygens (including phenoxy) is 2. The third-order valence-corrected chi connectivity index (χ3v) is 7.98. The van der Waals surface area contributed by atoms with Crippen molar-refractivity contribution in [2.75, 3.05) is 6.54 Å². The lowest BCUT2D eigenvalue weighted by atomic mass is 9.75. The molecule has 0 saturated carbocycles. The number of allylic oxidation sites excluding steroid dienone is 4. The van der Waals surface area contributed by atoms with Gasteiger partial charge in [0.05, 0.1) is 24.8 Å². The summed E-state index contributed by atoms with van der Waals surface area (Å²) in [6.07, 6.45) is 13.8. The van der Waals surface area contributed by atoms with Crippen molar-refractivity contribution in [3.63, 3.8) is 0 Å². The van der Waals surface area contributed by atoms with Gasteiger partial charge in [0.2, 0.25) is 5.79 Å². The molecule has 0 aromatic heterocycles. The lowest BCUT2D eigenvalue weighted by Gasteiger charge is -2.57. The van der Waals surface area contributed by atoms with Gasteiger partial charge >= 0.3 is 0 Å². The summed E-state index contributed by atoms with van der Waals surface area (Å²) in [5.74, 6) is -0.327. The van der Waals surface area contributed by atoms with Gasteiger partial charge in [-0.25, -0.2) is 0 Å². The van der Waals surface area contributed by atoms with Crippen LogP contribution in [0.1, 0.15) is 82.7 Å². The van der Waals surface area contributed by atoms with Crippen LogP contribution < -0.4 is 0 Å². The third-order valence-electron chi connectivity index (χ3n) is 7.98. The summed E-state index contributed by atoms with van der Waals surface area (Å²) in [5.41, 5.74) is 6.64. The smallest absolute Gasteiger partial charge is 0.214 e. The van der Waals surface area contributed by atoms with Crippen molar-refractivity contribution < 1.29 is 9.47 Å². The van der Waals surface area contributed by atoms with Crippen LogP contribution in [0.4, 0.5) is 0 Å². The highest BCUT2D eigenvalue weighted by atomic mass is 16.7. The first-order valence-electron chi connectivity index (χ1n) is 12.7. The van der Waals surface area contributed by atoms with E-state index in [1.54, 1.807) is 0 Å². The molecule has 0 bridgehead atoms. The molecular formula is C30H41NO2. The maximum Gasteiger partial charge on any atom is 0.214 e. The fourth-order valence-electron chi connectivity index (χ4n) is 6.18. The van der Waals surface area contributed by atoms with E-state index in [2.05, 4.69) is 103 Å². The molecule has 4 unspecified atom stereocenters. The first-order chi connectivity index (χ1) is 15.4. The first kappa shape index (κ1) is 22.9. The van der Waals surface area contributed by atoms with Crippen LogP contribution in [0.3, 0.4) is 0 Å². The van der Waals surface area contributed by atoms with Gasteiger partial charge in [-0.3, -0.25) is 0 Å². The Labute approximate surface area is 200 Å². The third kappa shape index (κ3) is 3.82. The lowest BCUT2D eigenvalue weighted by molar-refractivity contribution is -0.361. The van der Waals surface area contributed by atoms with Gasteiger partial charge in [-0.15, -0.1) is 0 Å². The van der Waals surface area contributed by atoms with Crippen LogP contribution in [-0.4, -0.2) is 23.7 Å². The zero-order valence-corrected chi connectivity index (χ0v) is 21.7. The minimum Gasteiger partial charge on any atom is -0.358 e. The molecule has 3 heteroatoms. The monoisotopic (exact) mass is 447 g/mol. The van der Waals surface area contributed by atoms with Crippen molar-refractivity contribution in [2.45, 2.75) is 92.3 Å². The number of fused-ring (bicyclic) bond motifs is 6. The molecule has 5 rings (SSSR count).